The molecule has 1 N–H and O–H groups in total. The molecule has 4 unspecified atom stereocenters. The lowest BCUT2D eigenvalue weighted by Gasteiger charge is -2.30. The molecule has 88 valence electrons. The van der Waals surface area contributed by atoms with Crippen LogP contribution in [0.25, 0.3) is 0 Å². The maximum Gasteiger partial charge on any atom is 0.182 e. The van der Waals surface area contributed by atoms with E-state index in [9.17, 15) is 4.80 Å². The Morgan fingerprint density at radius 2 is 2.20 bits per heavy atom. The molecule has 15 heavy (non-hydrogen) atoms. The number of fused-ring (bicyclic) bond motifs is 1. The van der Waals surface area contributed by atoms with E-state index in [4.69, 9.17) is 4.74 Å². The first-order valence-electron chi connectivity index (χ1n) is 6.20. The predicted octanol–water partition coefficient (Wildman–Crippen LogP) is 2.78. The lowest BCUT2D eigenvalue weighted by atomic mass is 9.77. The summed E-state index contributed by atoms with van der Waals surface area (Å²) >= 11 is 0. The van der Waals surface area contributed by atoms with Crippen molar-refractivity contribution >= 4 is 8.32 Å². The van der Waals surface area contributed by atoms with Gasteiger partial charge in [-0.1, -0.05) is 6.92 Å². The summed E-state index contributed by atoms with van der Waals surface area (Å²) in [6.07, 6.45) is 4.27. The Morgan fingerprint density at radius 1 is 1.53 bits per heavy atom. The molecule has 2 nitrogen and oxygen atoms in total. The summed E-state index contributed by atoms with van der Waals surface area (Å²) in [5.74, 6) is 1.45. The van der Waals surface area contributed by atoms with E-state index in [1.54, 1.807) is 0 Å². The van der Waals surface area contributed by atoms with Crippen LogP contribution in [0.3, 0.4) is 0 Å². The highest BCUT2D eigenvalue weighted by atomic mass is 28.4. The molecule has 0 aromatic rings. The SMILES string of the molecule is CC(C[Si](C)(C)O)C1CCC2(C)OC2C1. The van der Waals surface area contributed by atoms with Gasteiger partial charge in [-0.2, -0.15) is 0 Å². The van der Waals surface area contributed by atoms with Gasteiger partial charge < -0.3 is 9.53 Å². The van der Waals surface area contributed by atoms with E-state index < -0.39 is 8.32 Å². The summed E-state index contributed by atoms with van der Waals surface area (Å²) in [4.78, 5) is 9.95. The van der Waals surface area contributed by atoms with E-state index in [-0.39, 0.29) is 5.60 Å². The molecule has 2 rings (SSSR count). The predicted molar refractivity (Wildman–Crippen MR) is 64.3 cm³/mol. The molecule has 0 spiro atoms. The lowest BCUT2D eigenvalue weighted by molar-refractivity contribution is 0.271. The van der Waals surface area contributed by atoms with Crippen LogP contribution < -0.4 is 0 Å². The van der Waals surface area contributed by atoms with Crippen molar-refractivity contribution in [2.45, 2.75) is 64.0 Å². The minimum atomic E-state index is -1.87. The van der Waals surface area contributed by atoms with Crippen molar-refractivity contribution in [2.75, 3.05) is 0 Å². The van der Waals surface area contributed by atoms with Crippen molar-refractivity contribution in [1.82, 2.24) is 0 Å². The van der Waals surface area contributed by atoms with Gasteiger partial charge in [0.05, 0.1) is 11.7 Å². The van der Waals surface area contributed by atoms with Gasteiger partial charge in [-0.25, -0.2) is 0 Å². The summed E-state index contributed by atoms with van der Waals surface area (Å²) in [5.41, 5.74) is 0.238. The Bertz CT molecular complexity index is 248. The summed E-state index contributed by atoms with van der Waals surface area (Å²) in [5, 5.41) is 0. The van der Waals surface area contributed by atoms with E-state index in [1.165, 1.54) is 19.3 Å². The molecule has 0 bridgehead atoms. The lowest BCUT2D eigenvalue weighted by Crippen LogP contribution is -2.32. The van der Waals surface area contributed by atoms with Crippen LogP contribution in [0, 0.1) is 11.8 Å². The zero-order chi connectivity index (χ0) is 11.3. The highest BCUT2D eigenvalue weighted by Gasteiger charge is 2.55. The van der Waals surface area contributed by atoms with Gasteiger partial charge in [0.15, 0.2) is 8.32 Å². The average molecular weight is 228 g/mol. The maximum atomic E-state index is 9.95. The van der Waals surface area contributed by atoms with Crippen LogP contribution in [0.15, 0.2) is 0 Å². The van der Waals surface area contributed by atoms with Crippen LogP contribution in [0.2, 0.25) is 19.1 Å². The molecule has 1 saturated heterocycles. The van der Waals surface area contributed by atoms with Crippen LogP contribution in [0.4, 0.5) is 0 Å². The topological polar surface area (TPSA) is 32.8 Å². The zero-order valence-corrected chi connectivity index (χ0v) is 11.4. The van der Waals surface area contributed by atoms with Crippen LogP contribution >= 0.6 is 0 Å². The monoisotopic (exact) mass is 228 g/mol. The van der Waals surface area contributed by atoms with Crippen molar-refractivity contribution < 1.29 is 9.53 Å². The zero-order valence-electron chi connectivity index (χ0n) is 10.4. The van der Waals surface area contributed by atoms with Crippen molar-refractivity contribution in [3.63, 3.8) is 0 Å². The minimum absolute atomic E-state index is 0.238. The van der Waals surface area contributed by atoms with E-state index in [0.29, 0.717) is 12.0 Å². The molecular weight excluding hydrogens is 204 g/mol. The fourth-order valence-corrected chi connectivity index (χ4v) is 5.05. The fourth-order valence-electron chi connectivity index (χ4n) is 3.14. The first-order valence-corrected chi connectivity index (χ1v) is 9.36. The van der Waals surface area contributed by atoms with Crippen molar-refractivity contribution in [3.8, 4) is 0 Å². The Balaban J connectivity index is 1.85. The van der Waals surface area contributed by atoms with Gasteiger partial charge >= 0.3 is 0 Å². The molecule has 0 amide bonds. The van der Waals surface area contributed by atoms with Gasteiger partial charge in [0, 0.05) is 0 Å². The largest absolute Gasteiger partial charge is 0.432 e. The second-order valence-corrected chi connectivity index (χ2v) is 10.5. The first-order chi connectivity index (χ1) is 6.80. The molecule has 1 heterocycles. The molecule has 0 aromatic heterocycles. The van der Waals surface area contributed by atoms with Crippen molar-refractivity contribution in [3.05, 3.63) is 0 Å². The highest BCUT2D eigenvalue weighted by Crippen LogP contribution is 2.51. The molecular formula is C12H24O2Si. The summed E-state index contributed by atoms with van der Waals surface area (Å²) < 4.78 is 5.72. The number of epoxide rings is 1. The Kier molecular flexibility index (Phi) is 2.77. The van der Waals surface area contributed by atoms with Crippen LogP contribution in [0.5, 0.6) is 0 Å². The summed E-state index contributed by atoms with van der Waals surface area (Å²) in [6, 6.07) is 1.04. The third-order valence-corrected chi connectivity index (χ3v) is 5.83. The third kappa shape index (κ3) is 2.63. The standard InChI is InChI=1S/C12H24O2Si/c1-9(8-15(3,4)13)10-5-6-12(2)11(7-10)14-12/h9-11,13H,5-8H2,1-4H3. The van der Waals surface area contributed by atoms with Crippen molar-refractivity contribution in [2.24, 2.45) is 11.8 Å². The van der Waals surface area contributed by atoms with Crippen LogP contribution in [-0.4, -0.2) is 24.8 Å². The Morgan fingerprint density at radius 3 is 2.73 bits per heavy atom. The Hall–Kier alpha value is 0.137. The average Bonchev–Trinajstić information content (AvgIpc) is 2.71. The van der Waals surface area contributed by atoms with Gasteiger partial charge in [0.2, 0.25) is 0 Å². The second-order valence-electron chi connectivity index (χ2n) is 6.45. The van der Waals surface area contributed by atoms with E-state index in [0.717, 1.165) is 12.0 Å². The molecule has 4 atom stereocenters. The number of rotatable bonds is 3. The Labute approximate surface area is 94.2 Å². The molecule has 1 aliphatic heterocycles. The molecule has 1 saturated carbocycles. The molecule has 2 aliphatic rings. The van der Waals surface area contributed by atoms with Gasteiger partial charge in [-0.05, 0) is 57.2 Å². The number of ether oxygens (including phenoxy) is 1. The van der Waals surface area contributed by atoms with Crippen molar-refractivity contribution in [1.29, 1.82) is 0 Å². The van der Waals surface area contributed by atoms with Gasteiger partial charge in [0.25, 0.3) is 0 Å². The third-order valence-electron chi connectivity index (χ3n) is 4.19. The van der Waals surface area contributed by atoms with E-state index >= 15 is 0 Å². The molecule has 1 aliphatic carbocycles. The molecule has 0 aromatic carbocycles. The quantitative estimate of drug-likeness (QED) is 0.595. The first kappa shape index (κ1) is 11.6. The van der Waals surface area contributed by atoms with Gasteiger partial charge in [-0.15, -0.1) is 0 Å². The van der Waals surface area contributed by atoms with E-state index in [2.05, 4.69) is 13.8 Å². The van der Waals surface area contributed by atoms with Crippen LogP contribution in [0.1, 0.15) is 33.1 Å². The highest BCUT2D eigenvalue weighted by molar-refractivity contribution is 6.69. The fraction of sp³-hybridized carbons (Fsp3) is 1.00. The normalized spacial score (nSPS) is 42.2. The molecule has 3 heteroatoms. The minimum Gasteiger partial charge on any atom is -0.432 e. The summed E-state index contributed by atoms with van der Waals surface area (Å²) in [6.45, 7) is 8.64. The molecule has 0 radical (unpaired) electrons. The number of hydrogen-bond donors (Lipinski definition) is 1. The second kappa shape index (κ2) is 3.57. The van der Waals surface area contributed by atoms with Gasteiger partial charge in [0.1, 0.15) is 0 Å². The summed E-state index contributed by atoms with van der Waals surface area (Å²) in [7, 11) is -1.87. The smallest absolute Gasteiger partial charge is 0.182 e. The maximum absolute atomic E-state index is 9.95. The van der Waals surface area contributed by atoms with Crippen LogP contribution in [-0.2, 0) is 4.74 Å². The number of hydrogen-bond acceptors (Lipinski definition) is 2. The molecule has 2 fully saturated rings. The van der Waals surface area contributed by atoms with E-state index in [1.807, 2.05) is 13.1 Å². The van der Waals surface area contributed by atoms with Gasteiger partial charge in [-0.3, -0.25) is 0 Å².